The first-order chi connectivity index (χ1) is 4.86. The molecule has 2 bridgehead atoms. The number of carbonyl (C=O) groups excluding carboxylic acids is 1. The molecule has 0 spiro atoms. The van der Waals surface area contributed by atoms with E-state index in [9.17, 15) is 0 Å². The molecule has 2 heterocycles. The molecule has 3 nitrogen and oxygen atoms in total. The van der Waals surface area contributed by atoms with Gasteiger partial charge in [-0.3, -0.25) is 0 Å². The van der Waals surface area contributed by atoms with Crippen molar-refractivity contribution in [3.63, 3.8) is 0 Å². The fourth-order valence-electron chi connectivity index (χ4n) is 1.15. The molecule has 0 saturated carbocycles. The highest BCUT2D eigenvalue weighted by atomic mass is 32.2. The minimum atomic E-state index is 0.634. The highest BCUT2D eigenvalue weighted by Gasteiger charge is 2.32. The molecule has 0 aromatic carbocycles. The minimum absolute atomic E-state index is 0.634. The molecule has 2 atom stereocenters. The molecule has 0 amide bonds. The second kappa shape index (κ2) is 3.76. The fraction of sp³-hybridized carbons (Fsp3) is 0.833. The van der Waals surface area contributed by atoms with Gasteiger partial charge in [0, 0.05) is 11.0 Å². The SMILES string of the molecule is C1SC2COC1C2.N=C=O. The van der Waals surface area contributed by atoms with E-state index in [4.69, 9.17) is 14.9 Å². The van der Waals surface area contributed by atoms with Crippen LogP contribution in [-0.4, -0.2) is 29.8 Å². The quantitative estimate of drug-likeness (QED) is 0.420. The molecule has 0 aromatic rings. The van der Waals surface area contributed by atoms with E-state index in [0.717, 1.165) is 17.9 Å². The molecule has 0 radical (unpaired) electrons. The van der Waals surface area contributed by atoms with E-state index in [1.165, 1.54) is 12.2 Å². The van der Waals surface area contributed by atoms with Crippen molar-refractivity contribution in [3.8, 4) is 0 Å². The van der Waals surface area contributed by atoms with Crippen LogP contribution in [0.1, 0.15) is 6.42 Å². The van der Waals surface area contributed by atoms with Crippen molar-refractivity contribution in [1.82, 2.24) is 0 Å². The maximum Gasteiger partial charge on any atom is 0.231 e. The monoisotopic (exact) mass is 159 g/mol. The van der Waals surface area contributed by atoms with Gasteiger partial charge in [0.1, 0.15) is 0 Å². The van der Waals surface area contributed by atoms with Gasteiger partial charge in [-0.25, -0.2) is 10.2 Å². The van der Waals surface area contributed by atoms with Crippen molar-refractivity contribution in [2.45, 2.75) is 17.8 Å². The van der Waals surface area contributed by atoms with Gasteiger partial charge in [0.05, 0.1) is 12.7 Å². The molecular formula is C6H9NO2S. The van der Waals surface area contributed by atoms with Crippen LogP contribution in [0.5, 0.6) is 0 Å². The summed E-state index contributed by atoms with van der Waals surface area (Å²) in [5, 5.41) is 6.27. The molecule has 2 fully saturated rings. The normalized spacial score (nSPS) is 34.4. The van der Waals surface area contributed by atoms with E-state index in [1.54, 1.807) is 0 Å². The third-order valence-electron chi connectivity index (χ3n) is 1.56. The van der Waals surface area contributed by atoms with Gasteiger partial charge >= 0.3 is 0 Å². The standard InChI is InChI=1S/C5H8OS.CHNO/c1-4-3-7-5(1)2-6-4;2-1-3/h4-5H,1-3H2;2H. The molecular weight excluding hydrogens is 150 g/mol. The Morgan fingerprint density at radius 1 is 1.70 bits per heavy atom. The summed E-state index contributed by atoms with van der Waals surface area (Å²) < 4.78 is 5.33. The van der Waals surface area contributed by atoms with Crippen molar-refractivity contribution in [2.24, 2.45) is 0 Å². The summed E-state index contributed by atoms with van der Waals surface area (Å²) in [7, 11) is 0. The summed E-state index contributed by atoms with van der Waals surface area (Å²) in [4.78, 5) is 8.35. The Bertz CT molecular complexity index is 127. The number of isocyanates is 1. The molecule has 2 saturated heterocycles. The van der Waals surface area contributed by atoms with Crippen molar-refractivity contribution in [3.05, 3.63) is 0 Å². The number of ether oxygens (including phenoxy) is 1. The lowest BCUT2D eigenvalue weighted by atomic mass is 10.3. The molecule has 2 unspecified atom stereocenters. The summed E-state index contributed by atoms with van der Waals surface area (Å²) >= 11 is 2.07. The maximum absolute atomic E-state index is 8.35. The van der Waals surface area contributed by atoms with E-state index in [2.05, 4.69) is 11.8 Å². The largest absolute Gasteiger partial charge is 0.376 e. The number of hydrogen-bond donors (Lipinski definition) is 1. The van der Waals surface area contributed by atoms with E-state index in [1.807, 2.05) is 0 Å². The summed E-state index contributed by atoms with van der Waals surface area (Å²) in [6, 6.07) is 0. The first-order valence-electron chi connectivity index (χ1n) is 3.14. The Labute approximate surface area is 63.6 Å². The highest BCUT2D eigenvalue weighted by Crippen LogP contribution is 2.34. The lowest BCUT2D eigenvalue weighted by molar-refractivity contribution is 0.126. The maximum atomic E-state index is 8.35. The Kier molecular flexibility index (Phi) is 2.93. The molecule has 1 N–H and O–H groups in total. The zero-order valence-corrected chi connectivity index (χ0v) is 6.32. The zero-order valence-electron chi connectivity index (χ0n) is 5.50. The van der Waals surface area contributed by atoms with Gasteiger partial charge in [0.15, 0.2) is 0 Å². The van der Waals surface area contributed by atoms with Crippen molar-refractivity contribution >= 4 is 17.8 Å². The highest BCUT2D eigenvalue weighted by molar-refractivity contribution is 8.00. The first-order valence-corrected chi connectivity index (χ1v) is 4.18. The Morgan fingerprint density at radius 3 is 2.50 bits per heavy atom. The van der Waals surface area contributed by atoms with Crippen molar-refractivity contribution in [2.75, 3.05) is 12.4 Å². The number of hydrogen-bond acceptors (Lipinski definition) is 4. The number of nitrogens with one attached hydrogen (secondary N) is 1. The number of rotatable bonds is 0. The minimum Gasteiger partial charge on any atom is -0.376 e. The molecule has 2 aliphatic rings. The Hall–Kier alpha value is -0.310. The average molecular weight is 159 g/mol. The van der Waals surface area contributed by atoms with E-state index < -0.39 is 0 Å². The molecule has 10 heavy (non-hydrogen) atoms. The summed E-state index contributed by atoms with van der Waals surface area (Å²) in [5.41, 5.74) is 0. The predicted octanol–water partition coefficient (Wildman–Crippen LogP) is 0.792. The Morgan fingerprint density at radius 2 is 2.40 bits per heavy atom. The van der Waals surface area contributed by atoms with Crippen LogP contribution in [0.2, 0.25) is 0 Å². The third kappa shape index (κ3) is 1.84. The van der Waals surface area contributed by atoms with E-state index in [0.29, 0.717) is 6.10 Å². The van der Waals surface area contributed by atoms with Gasteiger partial charge in [0.2, 0.25) is 6.08 Å². The smallest absolute Gasteiger partial charge is 0.231 e. The van der Waals surface area contributed by atoms with Crippen LogP contribution < -0.4 is 0 Å². The van der Waals surface area contributed by atoms with Crippen LogP contribution in [0.3, 0.4) is 0 Å². The lowest BCUT2D eigenvalue weighted by Crippen LogP contribution is -2.08. The third-order valence-corrected chi connectivity index (χ3v) is 2.93. The molecule has 0 aliphatic carbocycles. The molecule has 2 aliphatic heterocycles. The average Bonchev–Trinajstić information content (AvgIpc) is 2.49. The van der Waals surface area contributed by atoms with E-state index in [-0.39, 0.29) is 0 Å². The summed E-state index contributed by atoms with van der Waals surface area (Å²) in [5.74, 6) is 1.25. The Balaban J connectivity index is 0.000000148. The second-order valence-electron chi connectivity index (χ2n) is 2.25. The summed E-state index contributed by atoms with van der Waals surface area (Å²) in [6.07, 6.45) is 2.71. The van der Waals surface area contributed by atoms with Crippen LogP contribution >= 0.6 is 11.8 Å². The summed E-state index contributed by atoms with van der Waals surface area (Å²) in [6.45, 7) is 1.02. The second-order valence-corrected chi connectivity index (χ2v) is 3.58. The zero-order chi connectivity index (χ0) is 7.40. The van der Waals surface area contributed by atoms with Gasteiger partial charge in [-0.05, 0) is 6.42 Å². The predicted molar refractivity (Wildman–Crippen MR) is 39.0 cm³/mol. The number of fused-ring (bicyclic) bond motifs is 2. The van der Waals surface area contributed by atoms with Gasteiger partial charge in [-0.1, -0.05) is 0 Å². The van der Waals surface area contributed by atoms with E-state index >= 15 is 0 Å². The van der Waals surface area contributed by atoms with Crippen LogP contribution in [0.4, 0.5) is 0 Å². The fourth-order valence-corrected chi connectivity index (χ4v) is 2.39. The molecule has 2 rings (SSSR count). The van der Waals surface area contributed by atoms with Gasteiger partial charge in [-0.15, -0.1) is 0 Å². The molecule has 0 aromatic heterocycles. The lowest BCUT2D eigenvalue weighted by Gasteiger charge is -2.07. The first kappa shape index (κ1) is 7.79. The van der Waals surface area contributed by atoms with Crippen LogP contribution in [-0.2, 0) is 9.53 Å². The number of thioether (sulfide) groups is 1. The van der Waals surface area contributed by atoms with Gasteiger partial charge in [0.25, 0.3) is 0 Å². The topological polar surface area (TPSA) is 50.1 Å². The van der Waals surface area contributed by atoms with Crippen molar-refractivity contribution in [1.29, 1.82) is 5.41 Å². The van der Waals surface area contributed by atoms with Crippen molar-refractivity contribution < 1.29 is 9.53 Å². The van der Waals surface area contributed by atoms with Gasteiger partial charge in [-0.2, -0.15) is 11.8 Å². The van der Waals surface area contributed by atoms with Crippen LogP contribution in [0.25, 0.3) is 0 Å². The molecule has 56 valence electrons. The molecule has 4 heteroatoms. The van der Waals surface area contributed by atoms with Crippen LogP contribution in [0.15, 0.2) is 0 Å². The van der Waals surface area contributed by atoms with Crippen LogP contribution in [0, 0.1) is 5.41 Å². The van der Waals surface area contributed by atoms with Gasteiger partial charge < -0.3 is 4.74 Å².